The molecule has 0 saturated carbocycles. The van der Waals surface area contributed by atoms with Crippen molar-refractivity contribution in [3.05, 3.63) is 36.4 Å². The molecule has 3 heteroatoms. The molecule has 19 heavy (non-hydrogen) atoms. The summed E-state index contributed by atoms with van der Waals surface area (Å²) in [5.74, 6) is 0.183. The van der Waals surface area contributed by atoms with Crippen LogP contribution in [-0.4, -0.2) is 17.7 Å². The van der Waals surface area contributed by atoms with E-state index in [-0.39, 0.29) is 6.42 Å². The highest BCUT2D eigenvalue weighted by molar-refractivity contribution is 5.66. The molecule has 3 nitrogen and oxygen atoms in total. The third-order valence-corrected chi connectivity index (χ3v) is 2.92. The number of carboxylic acid groups (broad SMARTS) is 1. The van der Waals surface area contributed by atoms with Crippen LogP contribution in [0.25, 0.3) is 6.08 Å². The van der Waals surface area contributed by atoms with Crippen molar-refractivity contribution in [2.75, 3.05) is 6.61 Å². The maximum absolute atomic E-state index is 10.3. The van der Waals surface area contributed by atoms with Gasteiger partial charge in [0.1, 0.15) is 5.75 Å². The monoisotopic (exact) mass is 262 g/mol. The van der Waals surface area contributed by atoms with Crippen molar-refractivity contribution >= 4 is 12.0 Å². The Kier molecular flexibility index (Phi) is 7.40. The molecule has 0 radical (unpaired) electrons. The number of carbonyl (C=O) groups is 1. The zero-order valence-electron chi connectivity index (χ0n) is 11.3. The van der Waals surface area contributed by atoms with Gasteiger partial charge < -0.3 is 9.84 Å². The van der Waals surface area contributed by atoms with E-state index < -0.39 is 5.97 Å². The molecule has 0 aliphatic carbocycles. The van der Waals surface area contributed by atoms with Gasteiger partial charge in [-0.05, 0) is 30.5 Å². The summed E-state index contributed by atoms with van der Waals surface area (Å²) in [4.78, 5) is 10.3. The number of rotatable bonds is 10. The van der Waals surface area contributed by atoms with Crippen LogP contribution in [0, 0.1) is 0 Å². The summed E-state index contributed by atoms with van der Waals surface area (Å²) in [7, 11) is 0. The van der Waals surface area contributed by atoms with Gasteiger partial charge in [0.25, 0.3) is 0 Å². The van der Waals surface area contributed by atoms with Crippen molar-refractivity contribution < 1.29 is 14.6 Å². The first kappa shape index (κ1) is 15.3. The lowest BCUT2D eigenvalue weighted by Gasteiger charge is -2.06. The average Bonchev–Trinajstić information content (AvgIpc) is 2.42. The first-order valence-electron chi connectivity index (χ1n) is 6.79. The van der Waals surface area contributed by atoms with Gasteiger partial charge in [-0.1, -0.05) is 44.1 Å². The van der Waals surface area contributed by atoms with E-state index in [0.717, 1.165) is 43.4 Å². The molecule has 0 spiro atoms. The topological polar surface area (TPSA) is 46.5 Å². The van der Waals surface area contributed by atoms with Crippen molar-refractivity contribution in [1.29, 1.82) is 0 Å². The normalized spacial score (nSPS) is 10.1. The Morgan fingerprint density at radius 2 is 1.74 bits per heavy atom. The fraction of sp³-hybridized carbons (Fsp3) is 0.438. The Hall–Kier alpha value is -1.77. The molecule has 104 valence electrons. The average molecular weight is 262 g/mol. The van der Waals surface area contributed by atoms with Crippen LogP contribution in [0.4, 0.5) is 0 Å². The summed E-state index contributed by atoms with van der Waals surface area (Å²) >= 11 is 0. The van der Waals surface area contributed by atoms with E-state index in [4.69, 9.17) is 9.84 Å². The van der Waals surface area contributed by atoms with Crippen molar-refractivity contribution in [3.63, 3.8) is 0 Å². The maximum atomic E-state index is 10.3. The van der Waals surface area contributed by atoms with Crippen LogP contribution in [0.1, 0.15) is 44.1 Å². The van der Waals surface area contributed by atoms with Gasteiger partial charge in [-0.25, -0.2) is 0 Å². The van der Waals surface area contributed by atoms with Crippen molar-refractivity contribution in [3.8, 4) is 5.75 Å². The van der Waals surface area contributed by atoms with Gasteiger partial charge in [0, 0.05) is 6.42 Å². The molecular weight excluding hydrogens is 240 g/mol. The summed E-state index contributed by atoms with van der Waals surface area (Å²) in [6.07, 6.45) is 7.03. The SMILES string of the molecule is C=Cc1ccc(OCCCCCCCC(=O)O)cc1. The highest BCUT2D eigenvalue weighted by Gasteiger charge is 1.97. The minimum absolute atomic E-state index is 0.284. The smallest absolute Gasteiger partial charge is 0.303 e. The van der Waals surface area contributed by atoms with Gasteiger partial charge in [0.2, 0.25) is 0 Å². The van der Waals surface area contributed by atoms with Gasteiger partial charge in [-0.3, -0.25) is 4.79 Å². The maximum Gasteiger partial charge on any atom is 0.303 e. The molecule has 0 amide bonds. The quantitative estimate of drug-likeness (QED) is 0.645. The van der Waals surface area contributed by atoms with E-state index in [1.807, 2.05) is 24.3 Å². The van der Waals surface area contributed by atoms with Crippen LogP contribution in [0.2, 0.25) is 0 Å². The number of hydrogen-bond acceptors (Lipinski definition) is 2. The predicted molar refractivity (Wildman–Crippen MR) is 77.4 cm³/mol. The molecule has 0 aliphatic heterocycles. The Bertz CT molecular complexity index is 381. The standard InChI is InChI=1S/C16H22O3/c1-2-14-9-11-15(12-10-14)19-13-7-5-3-4-6-8-16(17)18/h2,9-12H,1,3-8,13H2,(H,17,18). The molecule has 1 rings (SSSR count). The highest BCUT2D eigenvalue weighted by Crippen LogP contribution is 2.13. The number of benzene rings is 1. The molecule has 0 aliphatic rings. The number of hydrogen-bond donors (Lipinski definition) is 1. The molecule has 0 saturated heterocycles. The molecule has 1 aromatic rings. The summed E-state index contributed by atoms with van der Waals surface area (Å²) in [5, 5.41) is 8.49. The molecule has 0 bridgehead atoms. The fourth-order valence-electron chi connectivity index (χ4n) is 1.80. The first-order valence-corrected chi connectivity index (χ1v) is 6.79. The zero-order chi connectivity index (χ0) is 13.9. The Morgan fingerprint density at radius 1 is 1.11 bits per heavy atom. The molecule has 0 unspecified atom stereocenters. The van der Waals surface area contributed by atoms with E-state index >= 15 is 0 Å². The Morgan fingerprint density at radius 3 is 2.37 bits per heavy atom. The third-order valence-electron chi connectivity index (χ3n) is 2.92. The van der Waals surface area contributed by atoms with Crippen LogP contribution >= 0.6 is 0 Å². The Balaban J connectivity index is 2.01. The van der Waals surface area contributed by atoms with Crippen LogP contribution in [-0.2, 0) is 4.79 Å². The predicted octanol–water partition coefficient (Wildman–Crippen LogP) is 4.13. The second kappa shape index (κ2) is 9.20. The Labute approximate surface area is 114 Å². The first-order chi connectivity index (χ1) is 9.22. The van der Waals surface area contributed by atoms with Gasteiger partial charge in [0.05, 0.1) is 6.61 Å². The molecule has 0 aromatic heterocycles. The summed E-state index contributed by atoms with van der Waals surface area (Å²) in [6, 6.07) is 7.86. The van der Waals surface area contributed by atoms with Crippen LogP contribution in [0.5, 0.6) is 5.75 Å². The summed E-state index contributed by atoms with van der Waals surface area (Å²) < 4.78 is 5.62. The lowest BCUT2D eigenvalue weighted by Crippen LogP contribution is -1.97. The molecule has 0 heterocycles. The molecule has 1 N–H and O–H groups in total. The second-order valence-electron chi connectivity index (χ2n) is 4.53. The minimum Gasteiger partial charge on any atom is -0.494 e. The molecular formula is C16H22O3. The molecule has 0 atom stereocenters. The van der Waals surface area contributed by atoms with Gasteiger partial charge in [-0.2, -0.15) is 0 Å². The number of ether oxygens (including phenoxy) is 1. The van der Waals surface area contributed by atoms with Crippen molar-refractivity contribution in [2.24, 2.45) is 0 Å². The van der Waals surface area contributed by atoms with Gasteiger partial charge >= 0.3 is 5.97 Å². The second-order valence-corrected chi connectivity index (χ2v) is 4.53. The summed E-state index contributed by atoms with van der Waals surface area (Å²) in [6.45, 7) is 4.42. The van der Waals surface area contributed by atoms with Crippen LogP contribution < -0.4 is 4.74 Å². The van der Waals surface area contributed by atoms with E-state index in [2.05, 4.69) is 6.58 Å². The van der Waals surface area contributed by atoms with E-state index in [1.165, 1.54) is 0 Å². The number of aliphatic carboxylic acids is 1. The van der Waals surface area contributed by atoms with E-state index in [9.17, 15) is 4.79 Å². The van der Waals surface area contributed by atoms with Gasteiger partial charge in [-0.15, -0.1) is 0 Å². The molecule has 0 fully saturated rings. The van der Waals surface area contributed by atoms with Crippen LogP contribution in [0.15, 0.2) is 30.8 Å². The zero-order valence-corrected chi connectivity index (χ0v) is 11.3. The largest absolute Gasteiger partial charge is 0.494 e. The third kappa shape index (κ3) is 7.29. The lowest BCUT2D eigenvalue weighted by molar-refractivity contribution is -0.137. The van der Waals surface area contributed by atoms with Crippen molar-refractivity contribution in [1.82, 2.24) is 0 Å². The minimum atomic E-state index is -0.702. The fourth-order valence-corrected chi connectivity index (χ4v) is 1.80. The number of unbranched alkanes of at least 4 members (excludes halogenated alkanes) is 4. The van der Waals surface area contributed by atoms with Crippen LogP contribution in [0.3, 0.4) is 0 Å². The van der Waals surface area contributed by atoms with E-state index in [0.29, 0.717) is 6.61 Å². The summed E-state index contributed by atoms with van der Waals surface area (Å²) in [5.41, 5.74) is 1.09. The highest BCUT2D eigenvalue weighted by atomic mass is 16.5. The number of carboxylic acids is 1. The van der Waals surface area contributed by atoms with E-state index in [1.54, 1.807) is 6.08 Å². The van der Waals surface area contributed by atoms with Crippen molar-refractivity contribution in [2.45, 2.75) is 38.5 Å². The van der Waals surface area contributed by atoms with Gasteiger partial charge in [0.15, 0.2) is 0 Å². The molecule has 1 aromatic carbocycles. The lowest BCUT2D eigenvalue weighted by atomic mass is 10.1.